The van der Waals surface area contributed by atoms with Crippen molar-refractivity contribution < 1.29 is 23.5 Å². The van der Waals surface area contributed by atoms with Gasteiger partial charge in [0, 0.05) is 11.6 Å². The van der Waals surface area contributed by atoms with Crippen LogP contribution in [0.4, 0.5) is 5.69 Å². The number of rotatable bonds is 6. The number of hydrogen-bond donors (Lipinski definition) is 1. The van der Waals surface area contributed by atoms with Crippen LogP contribution < -0.4 is 5.32 Å². The SMILES string of the molecule is CC(=O)c1ccccc1NC(=O)COC(=O)/C=C/c1ccc(C)o1. The minimum Gasteiger partial charge on any atom is -0.462 e. The van der Waals surface area contributed by atoms with Crippen molar-refractivity contribution in [3.8, 4) is 0 Å². The molecule has 6 heteroatoms. The second-order valence-electron chi connectivity index (χ2n) is 5.04. The zero-order valence-electron chi connectivity index (χ0n) is 13.4. The van der Waals surface area contributed by atoms with Gasteiger partial charge in [-0.15, -0.1) is 0 Å². The first-order valence-electron chi connectivity index (χ1n) is 7.27. The third-order valence-electron chi connectivity index (χ3n) is 3.07. The summed E-state index contributed by atoms with van der Waals surface area (Å²) in [6, 6.07) is 10.1. The molecule has 24 heavy (non-hydrogen) atoms. The number of anilines is 1. The highest BCUT2D eigenvalue weighted by Crippen LogP contribution is 2.15. The van der Waals surface area contributed by atoms with Crippen LogP contribution in [0.25, 0.3) is 6.08 Å². The van der Waals surface area contributed by atoms with Crippen LogP contribution in [-0.2, 0) is 14.3 Å². The van der Waals surface area contributed by atoms with Crippen LogP contribution >= 0.6 is 0 Å². The van der Waals surface area contributed by atoms with Crippen LogP contribution in [0, 0.1) is 6.92 Å². The fourth-order valence-corrected chi connectivity index (χ4v) is 1.96. The Labute approximate surface area is 139 Å². The highest BCUT2D eigenvalue weighted by atomic mass is 16.5. The number of Topliss-reactive ketones (excluding diaryl/α,β-unsaturated/α-hetero) is 1. The van der Waals surface area contributed by atoms with Gasteiger partial charge in [0.25, 0.3) is 5.91 Å². The zero-order valence-corrected chi connectivity index (χ0v) is 13.4. The summed E-state index contributed by atoms with van der Waals surface area (Å²) in [5.41, 5.74) is 0.776. The molecule has 0 atom stereocenters. The van der Waals surface area contributed by atoms with Crippen molar-refractivity contribution in [1.82, 2.24) is 0 Å². The molecule has 1 N–H and O–H groups in total. The summed E-state index contributed by atoms with van der Waals surface area (Å²) < 4.78 is 10.1. The maximum absolute atomic E-state index is 11.8. The Morgan fingerprint density at radius 2 is 1.92 bits per heavy atom. The number of benzene rings is 1. The van der Waals surface area contributed by atoms with Gasteiger partial charge in [0.1, 0.15) is 11.5 Å². The highest BCUT2D eigenvalue weighted by molar-refractivity contribution is 6.04. The van der Waals surface area contributed by atoms with E-state index in [0.29, 0.717) is 17.0 Å². The molecule has 124 valence electrons. The molecule has 0 bridgehead atoms. The van der Waals surface area contributed by atoms with E-state index >= 15 is 0 Å². The molecule has 0 unspecified atom stereocenters. The number of furan rings is 1. The third kappa shape index (κ3) is 4.95. The summed E-state index contributed by atoms with van der Waals surface area (Å²) in [4.78, 5) is 34.9. The number of ketones is 1. The summed E-state index contributed by atoms with van der Waals surface area (Å²) >= 11 is 0. The van der Waals surface area contributed by atoms with Crippen molar-refractivity contribution >= 4 is 29.4 Å². The standard InChI is InChI=1S/C18H17NO5/c1-12-7-8-14(24-12)9-10-18(22)23-11-17(21)19-16-6-4-3-5-15(16)13(2)20/h3-10H,11H2,1-2H3,(H,19,21)/b10-9+. The van der Waals surface area contributed by atoms with Gasteiger partial charge in [-0.25, -0.2) is 4.79 Å². The Morgan fingerprint density at radius 3 is 2.58 bits per heavy atom. The van der Waals surface area contributed by atoms with Crippen LogP contribution in [0.1, 0.15) is 28.8 Å². The molecule has 0 aliphatic carbocycles. The maximum atomic E-state index is 11.8. The topological polar surface area (TPSA) is 85.6 Å². The van der Waals surface area contributed by atoms with E-state index in [1.165, 1.54) is 19.1 Å². The fourth-order valence-electron chi connectivity index (χ4n) is 1.96. The molecule has 2 rings (SSSR count). The molecule has 0 saturated carbocycles. The van der Waals surface area contributed by atoms with Crippen molar-refractivity contribution in [3.63, 3.8) is 0 Å². The van der Waals surface area contributed by atoms with E-state index in [1.807, 2.05) is 0 Å². The van der Waals surface area contributed by atoms with Crippen LogP contribution in [0.3, 0.4) is 0 Å². The molecule has 0 saturated heterocycles. The van der Waals surface area contributed by atoms with E-state index in [4.69, 9.17) is 9.15 Å². The summed E-state index contributed by atoms with van der Waals surface area (Å²) in [5.74, 6) is -0.117. The highest BCUT2D eigenvalue weighted by Gasteiger charge is 2.10. The summed E-state index contributed by atoms with van der Waals surface area (Å²) in [6.45, 7) is 2.75. The van der Waals surface area contributed by atoms with Gasteiger partial charge in [-0.05, 0) is 44.2 Å². The molecule has 0 spiro atoms. The summed E-state index contributed by atoms with van der Waals surface area (Å²) in [6.07, 6.45) is 2.63. The molecule has 2 aromatic rings. The minimum atomic E-state index is -0.668. The normalized spacial score (nSPS) is 10.6. The number of ether oxygens (including phenoxy) is 1. The molecule has 6 nitrogen and oxygen atoms in total. The van der Waals surface area contributed by atoms with Crippen LogP contribution in [0.15, 0.2) is 46.9 Å². The smallest absolute Gasteiger partial charge is 0.331 e. The lowest BCUT2D eigenvalue weighted by molar-refractivity contribution is -0.142. The number of carbonyl (C=O) groups is 3. The predicted octanol–water partition coefficient (Wildman–Crippen LogP) is 2.99. The number of nitrogens with one attached hydrogen (secondary N) is 1. The predicted molar refractivity (Wildman–Crippen MR) is 88.5 cm³/mol. The molecule has 0 radical (unpaired) electrons. The van der Waals surface area contributed by atoms with E-state index in [-0.39, 0.29) is 5.78 Å². The number of esters is 1. The number of para-hydroxylation sites is 1. The molecule has 0 aliphatic heterocycles. The third-order valence-corrected chi connectivity index (χ3v) is 3.07. The quantitative estimate of drug-likeness (QED) is 0.501. The Balaban J connectivity index is 1.86. The molecule has 1 heterocycles. The van der Waals surface area contributed by atoms with Gasteiger partial charge in [-0.2, -0.15) is 0 Å². The molecular formula is C18H17NO5. The van der Waals surface area contributed by atoms with Gasteiger partial charge in [0.2, 0.25) is 0 Å². The first kappa shape index (κ1) is 17.2. The first-order chi connectivity index (χ1) is 11.5. The number of carbonyl (C=O) groups excluding carboxylic acids is 3. The first-order valence-corrected chi connectivity index (χ1v) is 7.27. The van der Waals surface area contributed by atoms with E-state index in [1.54, 1.807) is 43.3 Å². The summed E-state index contributed by atoms with van der Waals surface area (Å²) in [7, 11) is 0. The van der Waals surface area contributed by atoms with Gasteiger partial charge in [0.05, 0.1) is 5.69 Å². The lowest BCUT2D eigenvalue weighted by Gasteiger charge is -2.08. The Morgan fingerprint density at radius 1 is 1.17 bits per heavy atom. The number of amides is 1. The van der Waals surface area contributed by atoms with Gasteiger partial charge in [-0.1, -0.05) is 12.1 Å². The van der Waals surface area contributed by atoms with E-state index in [9.17, 15) is 14.4 Å². The van der Waals surface area contributed by atoms with Gasteiger partial charge >= 0.3 is 5.97 Å². The molecule has 0 aliphatic rings. The maximum Gasteiger partial charge on any atom is 0.331 e. The zero-order chi connectivity index (χ0) is 17.5. The summed E-state index contributed by atoms with van der Waals surface area (Å²) in [5, 5.41) is 2.54. The lowest BCUT2D eigenvalue weighted by Crippen LogP contribution is -2.21. The lowest BCUT2D eigenvalue weighted by atomic mass is 10.1. The van der Waals surface area contributed by atoms with Gasteiger partial charge in [0.15, 0.2) is 12.4 Å². The second-order valence-corrected chi connectivity index (χ2v) is 5.04. The molecule has 1 aromatic carbocycles. The average Bonchev–Trinajstić information content (AvgIpc) is 2.97. The average molecular weight is 327 g/mol. The largest absolute Gasteiger partial charge is 0.462 e. The van der Waals surface area contributed by atoms with Crippen molar-refractivity contribution in [2.45, 2.75) is 13.8 Å². The van der Waals surface area contributed by atoms with Crippen molar-refractivity contribution in [2.75, 3.05) is 11.9 Å². The van der Waals surface area contributed by atoms with E-state index in [0.717, 1.165) is 5.76 Å². The van der Waals surface area contributed by atoms with E-state index < -0.39 is 18.5 Å². The van der Waals surface area contributed by atoms with Crippen molar-refractivity contribution in [1.29, 1.82) is 0 Å². The minimum absolute atomic E-state index is 0.167. The second kappa shape index (κ2) is 7.92. The molecule has 1 amide bonds. The van der Waals surface area contributed by atoms with Crippen molar-refractivity contribution in [3.05, 3.63) is 59.6 Å². The van der Waals surface area contributed by atoms with E-state index in [2.05, 4.69) is 5.32 Å². The fraction of sp³-hybridized carbons (Fsp3) is 0.167. The van der Waals surface area contributed by atoms with Gasteiger partial charge < -0.3 is 14.5 Å². The van der Waals surface area contributed by atoms with Gasteiger partial charge in [-0.3, -0.25) is 9.59 Å². The molecule has 1 aromatic heterocycles. The Bertz CT molecular complexity index is 788. The van der Waals surface area contributed by atoms with Crippen LogP contribution in [0.2, 0.25) is 0 Å². The molecular weight excluding hydrogens is 310 g/mol. The number of aryl methyl sites for hydroxylation is 1. The Kier molecular flexibility index (Phi) is 5.68. The Hall–Kier alpha value is -3.15. The monoisotopic (exact) mass is 327 g/mol. The van der Waals surface area contributed by atoms with Crippen molar-refractivity contribution in [2.24, 2.45) is 0 Å². The number of hydrogen-bond acceptors (Lipinski definition) is 5. The molecule has 0 fully saturated rings. The van der Waals surface area contributed by atoms with Crippen LogP contribution in [0.5, 0.6) is 0 Å². The van der Waals surface area contributed by atoms with Crippen LogP contribution in [-0.4, -0.2) is 24.3 Å².